The molecule has 58 heavy (non-hydrogen) atoms. The number of carbonyl (C=O) groups excluding carboxylic acids is 3. The molecular formula is C43H58N2O13. The van der Waals surface area contributed by atoms with Crippen molar-refractivity contribution in [3.8, 4) is 17.2 Å². The molecule has 11 atom stereocenters. The van der Waals surface area contributed by atoms with E-state index >= 15 is 0 Å². The fourth-order valence-electron chi connectivity index (χ4n) is 8.50. The van der Waals surface area contributed by atoms with Gasteiger partial charge in [-0.2, -0.15) is 0 Å². The standard InChI is InChI=1S/C43H58N2O13/c1-20-13-11-16-42(8,54)39(51)24(5)34(48)22(3)37(57-26(7)47)21(2)30(55-10)15-18-56-43(9)40(52)33-31-29(45-17-12-14-28(45)25(6)46)19-27(44-41(20)53)36(50)32(31)35(49)23(4)38(33)58-43/h11,13,15-16,18-19,21-22,24-25,28,30,34,37,39,46,48-51,54H,12,14,17H2,1-10H3,(H,44,53). The molecule has 0 aromatic heterocycles. The Kier molecular flexibility index (Phi) is 12.9. The maximum atomic E-state index is 14.6. The average molecular weight is 811 g/mol. The number of anilines is 2. The third-order valence-corrected chi connectivity index (χ3v) is 12.0. The van der Waals surface area contributed by atoms with Gasteiger partial charge in [0.25, 0.3) is 11.7 Å². The number of ketones is 1. The zero-order chi connectivity index (χ0) is 43.2. The number of methoxy groups -OCH3 is 1. The number of aliphatic hydroxyl groups excluding tert-OH is 3. The molecule has 318 valence electrons. The molecule has 11 unspecified atom stereocenters. The number of phenols is 2. The van der Waals surface area contributed by atoms with Crippen LogP contribution in [-0.4, -0.2) is 110 Å². The first-order chi connectivity index (χ1) is 27.1. The van der Waals surface area contributed by atoms with Gasteiger partial charge in [-0.05, 0) is 52.7 Å². The Labute approximate surface area is 338 Å². The van der Waals surface area contributed by atoms with Crippen LogP contribution in [0.25, 0.3) is 10.8 Å². The molecule has 4 heterocycles. The van der Waals surface area contributed by atoms with Crippen LogP contribution in [0.4, 0.5) is 11.4 Å². The summed E-state index contributed by atoms with van der Waals surface area (Å²) in [5.74, 6) is -7.18. The molecule has 2 aromatic rings. The van der Waals surface area contributed by atoms with E-state index in [1.807, 2.05) is 4.90 Å². The third kappa shape index (κ3) is 8.15. The summed E-state index contributed by atoms with van der Waals surface area (Å²) in [6, 6.07) is 1.09. The van der Waals surface area contributed by atoms with Crippen molar-refractivity contribution in [1.29, 1.82) is 0 Å². The highest BCUT2D eigenvalue weighted by Crippen LogP contribution is 2.54. The van der Waals surface area contributed by atoms with Crippen LogP contribution in [0.1, 0.15) is 84.2 Å². The Bertz CT molecular complexity index is 2020. The van der Waals surface area contributed by atoms with E-state index in [2.05, 4.69) is 5.32 Å². The molecule has 4 aliphatic rings. The Morgan fingerprint density at radius 1 is 1.05 bits per heavy atom. The first-order valence-electron chi connectivity index (χ1n) is 19.6. The van der Waals surface area contributed by atoms with Gasteiger partial charge in [-0.15, -0.1) is 0 Å². The lowest BCUT2D eigenvalue weighted by molar-refractivity contribution is -0.162. The molecule has 6 rings (SSSR count). The molecule has 15 heteroatoms. The third-order valence-electron chi connectivity index (χ3n) is 12.0. The normalized spacial score (nSPS) is 32.9. The number of amides is 1. The Balaban J connectivity index is 1.73. The number of benzene rings is 2. The van der Waals surface area contributed by atoms with Crippen LogP contribution >= 0.6 is 0 Å². The molecule has 0 radical (unpaired) electrons. The number of nitrogens with zero attached hydrogens (tertiary/aromatic N) is 1. The fraction of sp³-hybridized carbons (Fsp3) is 0.558. The van der Waals surface area contributed by atoms with Crippen LogP contribution < -0.4 is 15.0 Å². The number of Topliss-reactive ketones (excluding diaryl/α,β-unsaturated/α-hetero) is 1. The van der Waals surface area contributed by atoms with Crippen LogP contribution in [0.2, 0.25) is 0 Å². The summed E-state index contributed by atoms with van der Waals surface area (Å²) in [4.78, 5) is 42.5. The molecule has 1 fully saturated rings. The number of aliphatic hydroxyl groups is 4. The Morgan fingerprint density at radius 3 is 2.34 bits per heavy atom. The lowest BCUT2D eigenvalue weighted by Gasteiger charge is -2.39. The number of ether oxygens (including phenoxy) is 4. The molecule has 15 nitrogen and oxygen atoms in total. The van der Waals surface area contributed by atoms with Gasteiger partial charge < -0.3 is 59.8 Å². The van der Waals surface area contributed by atoms with Gasteiger partial charge in [0.05, 0.1) is 53.4 Å². The number of nitrogens with one attached hydrogen (secondary N) is 1. The van der Waals surface area contributed by atoms with E-state index < -0.39 is 94.9 Å². The van der Waals surface area contributed by atoms with Gasteiger partial charge in [0, 0.05) is 67.5 Å². The maximum Gasteiger partial charge on any atom is 0.312 e. The number of aromatic hydroxyl groups is 2. The molecule has 0 spiro atoms. The van der Waals surface area contributed by atoms with Crippen molar-refractivity contribution < 1.29 is 64.0 Å². The smallest absolute Gasteiger partial charge is 0.312 e. The highest BCUT2D eigenvalue weighted by Gasteiger charge is 2.50. The van der Waals surface area contributed by atoms with Crippen LogP contribution in [0.15, 0.2) is 42.2 Å². The van der Waals surface area contributed by atoms with E-state index in [9.17, 15) is 45.0 Å². The van der Waals surface area contributed by atoms with Gasteiger partial charge in [0.1, 0.15) is 23.2 Å². The van der Waals surface area contributed by atoms with E-state index in [0.717, 1.165) is 0 Å². The van der Waals surface area contributed by atoms with Crippen molar-refractivity contribution >= 4 is 39.8 Å². The van der Waals surface area contributed by atoms with Crippen molar-refractivity contribution in [3.05, 3.63) is 53.3 Å². The van der Waals surface area contributed by atoms with E-state index in [1.54, 1.807) is 27.7 Å². The molecule has 0 aliphatic carbocycles. The van der Waals surface area contributed by atoms with Gasteiger partial charge >= 0.3 is 11.8 Å². The van der Waals surface area contributed by atoms with Gasteiger partial charge in [0.2, 0.25) is 0 Å². The zero-order valence-corrected chi connectivity index (χ0v) is 34.8. The number of fused-ring (bicyclic) bond motifs is 14. The SMILES string of the molecule is COC1C=COC2(C)Oc3c(C)c(O)c4c(O)c(cc(N5CCCC5C(C)O)c4c3C2=O)NC(=O)C(C)=CC=CC(C)(O)C(O)C(C)C(O)C(C)C(OC(C)=O)C1C. The minimum absolute atomic E-state index is 0.0220. The first kappa shape index (κ1) is 44.4. The summed E-state index contributed by atoms with van der Waals surface area (Å²) in [6.45, 7) is 14.0. The molecule has 1 amide bonds. The second-order valence-corrected chi connectivity index (χ2v) is 16.4. The largest absolute Gasteiger partial charge is 0.507 e. The summed E-state index contributed by atoms with van der Waals surface area (Å²) < 4.78 is 23.8. The number of phenolic OH excluding ortho intramolecular Hbond substituents is 2. The van der Waals surface area contributed by atoms with Crippen LogP contribution in [0.5, 0.6) is 17.2 Å². The van der Waals surface area contributed by atoms with Crippen molar-refractivity contribution in [2.75, 3.05) is 23.9 Å². The number of rotatable bonds is 4. The minimum Gasteiger partial charge on any atom is -0.507 e. The number of hydrogen-bond acceptors (Lipinski definition) is 14. The van der Waals surface area contributed by atoms with E-state index in [4.69, 9.17) is 18.9 Å². The molecule has 4 aliphatic heterocycles. The van der Waals surface area contributed by atoms with Crippen LogP contribution in [0, 0.1) is 24.7 Å². The van der Waals surface area contributed by atoms with E-state index in [0.29, 0.717) is 25.1 Å². The Morgan fingerprint density at radius 2 is 1.72 bits per heavy atom. The first-order valence-corrected chi connectivity index (χ1v) is 19.6. The monoisotopic (exact) mass is 810 g/mol. The molecule has 2 aromatic carbocycles. The molecule has 7 N–H and O–H groups in total. The van der Waals surface area contributed by atoms with Crippen molar-refractivity contribution in [3.63, 3.8) is 0 Å². The highest BCUT2D eigenvalue weighted by atomic mass is 16.7. The molecule has 1 saturated heterocycles. The summed E-state index contributed by atoms with van der Waals surface area (Å²) in [5, 5.41) is 71.3. The topological polar surface area (TPSA) is 225 Å². The van der Waals surface area contributed by atoms with Gasteiger partial charge in [-0.25, -0.2) is 0 Å². The second kappa shape index (κ2) is 16.9. The molecular weight excluding hydrogens is 752 g/mol. The van der Waals surface area contributed by atoms with Crippen molar-refractivity contribution in [2.24, 2.45) is 17.8 Å². The number of carbonyl (C=O) groups is 3. The number of esters is 1. The molecule has 5 bridgehead atoms. The lowest BCUT2D eigenvalue weighted by atomic mass is 9.77. The van der Waals surface area contributed by atoms with Gasteiger partial charge in [0.15, 0.2) is 5.75 Å². The molecule has 0 saturated carbocycles. The van der Waals surface area contributed by atoms with Crippen LogP contribution in [-0.2, 0) is 23.8 Å². The fourth-order valence-corrected chi connectivity index (χ4v) is 8.50. The van der Waals surface area contributed by atoms with Crippen molar-refractivity contribution in [1.82, 2.24) is 0 Å². The quantitative estimate of drug-likeness (QED) is 0.167. The minimum atomic E-state index is -1.98. The van der Waals surface area contributed by atoms with Gasteiger partial charge in [-0.3, -0.25) is 14.4 Å². The van der Waals surface area contributed by atoms with Crippen LogP contribution in [0.3, 0.4) is 0 Å². The maximum absolute atomic E-state index is 14.6. The summed E-state index contributed by atoms with van der Waals surface area (Å²) in [5.41, 5.74) is -1.35. The van der Waals surface area contributed by atoms with E-state index in [-0.39, 0.29) is 38.9 Å². The van der Waals surface area contributed by atoms with Crippen molar-refractivity contribution in [2.45, 2.75) is 123 Å². The lowest BCUT2D eigenvalue weighted by Crippen LogP contribution is -2.50. The summed E-state index contributed by atoms with van der Waals surface area (Å²) in [7, 11) is 1.43. The second-order valence-electron chi connectivity index (χ2n) is 16.4. The predicted molar refractivity (Wildman–Crippen MR) is 216 cm³/mol. The summed E-state index contributed by atoms with van der Waals surface area (Å²) >= 11 is 0. The highest BCUT2D eigenvalue weighted by molar-refractivity contribution is 6.23. The van der Waals surface area contributed by atoms with Gasteiger partial charge in [-0.1, -0.05) is 39.0 Å². The zero-order valence-electron chi connectivity index (χ0n) is 34.8. The predicted octanol–water partition coefficient (Wildman–Crippen LogP) is 4.51. The number of allylic oxidation sites excluding steroid dienone is 2. The summed E-state index contributed by atoms with van der Waals surface area (Å²) in [6.07, 6.45) is 2.66. The number of hydrogen-bond donors (Lipinski definition) is 7. The average Bonchev–Trinajstić information content (AvgIpc) is 3.76. The Hall–Kier alpha value is -4.67. The van der Waals surface area contributed by atoms with E-state index in [1.165, 1.54) is 78.4 Å².